The molecule has 1 aliphatic carbocycles. The van der Waals surface area contributed by atoms with E-state index in [1.807, 2.05) is 12.1 Å². The van der Waals surface area contributed by atoms with Crippen LogP contribution < -0.4 is 10.1 Å². The Hall–Kier alpha value is -1.59. The Balaban J connectivity index is 0.00000300. The zero-order valence-electron chi connectivity index (χ0n) is 16.2. The Morgan fingerprint density at radius 3 is 2.10 bits per heavy atom. The summed E-state index contributed by atoms with van der Waals surface area (Å²) in [4.78, 5) is 0. The average molecular weight is 448 g/mol. The second-order valence-corrected chi connectivity index (χ2v) is 7.91. The Morgan fingerprint density at radius 1 is 1.00 bits per heavy atom. The molecule has 0 amide bonds. The molecule has 2 aromatic carbocycles. The fourth-order valence-electron chi connectivity index (χ4n) is 3.96. The van der Waals surface area contributed by atoms with E-state index in [0.29, 0.717) is 16.6 Å². The van der Waals surface area contributed by atoms with Crippen LogP contribution in [0.5, 0.6) is 5.75 Å². The molecule has 2 aromatic rings. The van der Waals surface area contributed by atoms with E-state index in [0.717, 1.165) is 31.4 Å². The van der Waals surface area contributed by atoms with Gasteiger partial charge in [0.25, 0.3) is 0 Å². The zero-order chi connectivity index (χ0) is 20.1. The first kappa shape index (κ1) is 23.7. The SMILES string of the molecule is COc1ccc(C2CCC(CC(Nc3ccc(Cl)cc3)C(F)(F)F)CC2)cc1.Cl. The van der Waals surface area contributed by atoms with Crippen molar-refractivity contribution in [3.8, 4) is 5.75 Å². The topological polar surface area (TPSA) is 21.3 Å². The molecule has 1 unspecified atom stereocenters. The molecule has 2 nitrogen and oxygen atoms in total. The van der Waals surface area contributed by atoms with Gasteiger partial charge in [0.1, 0.15) is 11.8 Å². The van der Waals surface area contributed by atoms with Gasteiger partial charge in [0.2, 0.25) is 0 Å². The van der Waals surface area contributed by atoms with Crippen LogP contribution in [0.15, 0.2) is 48.5 Å². The van der Waals surface area contributed by atoms with Gasteiger partial charge in [-0.25, -0.2) is 0 Å². The fraction of sp³-hybridized carbons (Fsp3) is 0.455. The molecule has 1 saturated carbocycles. The number of rotatable bonds is 6. The van der Waals surface area contributed by atoms with Crippen molar-refractivity contribution < 1.29 is 17.9 Å². The van der Waals surface area contributed by atoms with E-state index in [9.17, 15) is 13.2 Å². The first-order valence-corrected chi connectivity index (χ1v) is 9.95. The molecule has 1 atom stereocenters. The summed E-state index contributed by atoms with van der Waals surface area (Å²) in [7, 11) is 1.63. The van der Waals surface area contributed by atoms with Crippen LogP contribution in [0.2, 0.25) is 5.02 Å². The van der Waals surface area contributed by atoms with Gasteiger partial charge in [0, 0.05) is 10.7 Å². The van der Waals surface area contributed by atoms with Crippen LogP contribution >= 0.6 is 24.0 Å². The number of benzene rings is 2. The summed E-state index contributed by atoms with van der Waals surface area (Å²) >= 11 is 5.82. The van der Waals surface area contributed by atoms with Gasteiger partial charge in [-0.15, -0.1) is 12.4 Å². The second-order valence-electron chi connectivity index (χ2n) is 7.47. The van der Waals surface area contributed by atoms with Crippen molar-refractivity contribution in [3.63, 3.8) is 0 Å². The van der Waals surface area contributed by atoms with Gasteiger partial charge >= 0.3 is 6.18 Å². The lowest BCUT2D eigenvalue weighted by atomic mass is 9.76. The van der Waals surface area contributed by atoms with Gasteiger partial charge in [0.05, 0.1) is 7.11 Å². The predicted octanol–water partition coefficient (Wildman–Crippen LogP) is 7.48. The lowest BCUT2D eigenvalue weighted by molar-refractivity contribution is -0.146. The highest BCUT2D eigenvalue weighted by Crippen LogP contribution is 2.40. The largest absolute Gasteiger partial charge is 0.497 e. The number of methoxy groups -OCH3 is 1. The van der Waals surface area contributed by atoms with Gasteiger partial charge in [-0.05, 0) is 85.9 Å². The second kappa shape index (κ2) is 10.4. The van der Waals surface area contributed by atoms with Crippen LogP contribution in [0.3, 0.4) is 0 Å². The highest BCUT2D eigenvalue weighted by atomic mass is 35.5. The molecule has 0 spiro atoms. The van der Waals surface area contributed by atoms with Gasteiger partial charge in [-0.1, -0.05) is 23.7 Å². The minimum absolute atomic E-state index is 0. The van der Waals surface area contributed by atoms with Crippen LogP contribution in [0, 0.1) is 5.92 Å². The van der Waals surface area contributed by atoms with E-state index in [4.69, 9.17) is 16.3 Å². The number of hydrogen-bond acceptors (Lipinski definition) is 2. The fourth-order valence-corrected chi connectivity index (χ4v) is 4.09. The van der Waals surface area contributed by atoms with E-state index in [1.54, 1.807) is 31.4 Å². The average Bonchev–Trinajstić information content (AvgIpc) is 2.69. The molecule has 1 fully saturated rings. The normalized spacial score (nSPS) is 20.4. The van der Waals surface area contributed by atoms with E-state index >= 15 is 0 Å². The van der Waals surface area contributed by atoms with E-state index < -0.39 is 12.2 Å². The van der Waals surface area contributed by atoms with Crippen LogP contribution in [0.1, 0.15) is 43.6 Å². The molecule has 1 N–H and O–H groups in total. The number of ether oxygens (including phenoxy) is 1. The standard InChI is InChI=1S/C22H25ClF3NO.ClH/c1-28-20-12-6-17(7-13-20)16-4-2-15(3-5-16)14-21(22(24,25)26)27-19-10-8-18(23)9-11-19;/h6-13,15-16,21,27H,2-5,14H2,1H3;1H. The minimum atomic E-state index is -4.29. The Kier molecular flexibility index (Phi) is 8.53. The predicted molar refractivity (Wildman–Crippen MR) is 114 cm³/mol. The summed E-state index contributed by atoms with van der Waals surface area (Å²) < 4.78 is 45.8. The third-order valence-electron chi connectivity index (χ3n) is 5.58. The number of alkyl halides is 3. The molecule has 0 saturated heterocycles. The summed E-state index contributed by atoms with van der Waals surface area (Å²) in [6, 6.07) is 12.8. The van der Waals surface area contributed by atoms with Crippen molar-refractivity contribution in [1.29, 1.82) is 0 Å². The number of halogens is 5. The van der Waals surface area contributed by atoms with Crippen LogP contribution in [0.25, 0.3) is 0 Å². The first-order valence-electron chi connectivity index (χ1n) is 9.58. The molecule has 0 bridgehead atoms. The molecular weight excluding hydrogens is 422 g/mol. The maximum absolute atomic E-state index is 13.6. The Bertz CT molecular complexity index is 742. The maximum Gasteiger partial charge on any atom is 0.408 e. The summed E-state index contributed by atoms with van der Waals surface area (Å²) in [6.07, 6.45) is -0.726. The number of hydrogen-bond donors (Lipinski definition) is 1. The van der Waals surface area contributed by atoms with Crippen molar-refractivity contribution in [2.24, 2.45) is 5.92 Å². The quantitative estimate of drug-likeness (QED) is 0.495. The van der Waals surface area contributed by atoms with Crippen molar-refractivity contribution in [3.05, 3.63) is 59.1 Å². The number of anilines is 1. The number of nitrogens with one attached hydrogen (secondary N) is 1. The third kappa shape index (κ3) is 6.71. The molecule has 0 radical (unpaired) electrons. The molecule has 0 aliphatic heterocycles. The minimum Gasteiger partial charge on any atom is -0.497 e. The summed E-state index contributed by atoms with van der Waals surface area (Å²) in [6.45, 7) is 0. The van der Waals surface area contributed by atoms with Crippen molar-refractivity contribution >= 4 is 29.7 Å². The summed E-state index contributed by atoms with van der Waals surface area (Å²) in [5.74, 6) is 1.30. The molecular formula is C22H26Cl2F3NO. The molecule has 1 aliphatic rings. The van der Waals surface area contributed by atoms with E-state index in [1.165, 1.54) is 5.56 Å². The van der Waals surface area contributed by atoms with E-state index in [2.05, 4.69) is 17.4 Å². The van der Waals surface area contributed by atoms with Gasteiger partial charge in [-0.2, -0.15) is 13.2 Å². The van der Waals surface area contributed by atoms with Crippen molar-refractivity contribution in [1.82, 2.24) is 0 Å². The van der Waals surface area contributed by atoms with Crippen LogP contribution in [-0.2, 0) is 0 Å². The highest BCUT2D eigenvalue weighted by Gasteiger charge is 2.41. The smallest absolute Gasteiger partial charge is 0.408 e. The Morgan fingerprint density at radius 2 is 1.59 bits per heavy atom. The van der Waals surface area contributed by atoms with Crippen molar-refractivity contribution in [2.75, 3.05) is 12.4 Å². The van der Waals surface area contributed by atoms with Crippen LogP contribution in [-0.4, -0.2) is 19.3 Å². The molecule has 29 heavy (non-hydrogen) atoms. The van der Waals surface area contributed by atoms with Gasteiger partial charge < -0.3 is 10.1 Å². The molecule has 0 heterocycles. The summed E-state index contributed by atoms with van der Waals surface area (Å²) in [5, 5.41) is 3.16. The molecule has 7 heteroatoms. The van der Waals surface area contributed by atoms with Gasteiger partial charge in [0.15, 0.2) is 0 Å². The Labute approximate surface area is 181 Å². The van der Waals surface area contributed by atoms with Gasteiger partial charge in [-0.3, -0.25) is 0 Å². The highest BCUT2D eigenvalue weighted by molar-refractivity contribution is 6.30. The van der Waals surface area contributed by atoms with E-state index in [-0.39, 0.29) is 24.7 Å². The lowest BCUT2D eigenvalue weighted by Gasteiger charge is -2.32. The molecule has 3 rings (SSSR count). The van der Waals surface area contributed by atoms with Crippen molar-refractivity contribution in [2.45, 2.75) is 50.2 Å². The third-order valence-corrected chi connectivity index (χ3v) is 5.84. The molecule has 160 valence electrons. The first-order chi connectivity index (χ1) is 13.3. The zero-order valence-corrected chi connectivity index (χ0v) is 17.8. The summed E-state index contributed by atoms with van der Waals surface area (Å²) in [5.41, 5.74) is 1.68. The monoisotopic (exact) mass is 447 g/mol. The molecule has 0 aromatic heterocycles. The maximum atomic E-state index is 13.6. The lowest BCUT2D eigenvalue weighted by Crippen LogP contribution is -2.38. The van der Waals surface area contributed by atoms with Crippen LogP contribution in [0.4, 0.5) is 18.9 Å².